The fraction of sp³-hybridized carbons (Fsp3) is 0.355. The second-order valence-corrected chi connectivity index (χ2v) is 11.2. The van der Waals surface area contributed by atoms with Crippen molar-refractivity contribution < 1.29 is 19.1 Å². The number of halogens is 1. The van der Waals surface area contributed by atoms with Crippen molar-refractivity contribution in [3.05, 3.63) is 93.4 Å². The van der Waals surface area contributed by atoms with Crippen molar-refractivity contribution in [1.29, 1.82) is 0 Å². The van der Waals surface area contributed by atoms with Crippen molar-refractivity contribution in [3.8, 4) is 0 Å². The van der Waals surface area contributed by atoms with Crippen molar-refractivity contribution in [3.63, 3.8) is 0 Å². The molecule has 0 N–H and O–H groups in total. The molecule has 0 spiro atoms. The second-order valence-electron chi connectivity index (χ2n) is 10.8. The third kappa shape index (κ3) is 5.82. The van der Waals surface area contributed by atoms with E-state index in [1.807, 2.05) is 43.3 Å². The minimum atomic E-state index is -0.782. The second kappa shape index (κ2) is 11.7. The molecule has 0 fully saturated rings. The van der Waals surface area contributed by atoms with Gasteiger partial charge in [0.15, 0.2) is 0 Å². The van der Waals surface area contributed by atoms with E-state index in [1.165, 1.54) is 30.7 Å². The highest BCUT2D eigenvalue weighted by atomic mass is 35.5. The smallest absolute Gasteiger partial charge is 0.311 e. The van der Waals surface area contributed by atoms with Gasteiger partial charge >= 0.3 is 5.97 Å². The lowest BCUT2D eigenvalue weighted by Gasteiger charge is -2.43. The average molecular weight is 564 g/mol. The zero-order valence-electron chi connectivity index (χ0n) is 23.4. The normalized spacial score (nSPS) is 16.7. The van der Waals surface area contributed by atoms with E-state index in [-0.39, 0.29) is 42.0 Å². The number of para-hydroxylation sites is 1. The Hall–Kier alpha value is -3.91. The third-order valence-electron chi connectivity index (χ3n) is 7.48. The van der Waals surface area contributed by atoms with Crippen LogP contribution in [-0.4, -0.2) is 35.5 Å². The number of hydrogen-bond donors (Lipinski definition) is 0. The number of pyridine rings is 1. The van der Waals surface area contributed by atoms with E-state index in [2.05, 4.69) is 0 Å². The molecule has 0 bridgehead atoms. The van der Waals surface area contributed by atoms with Crippen LogP contribution in [0.4, 0.5) is 11.4 Å². The van der Waals surface area contributed by atoms with E-state index in [1.54, 1.807) is 42.0 Å². The molecule has 2 aromatic carbocycles. The van der Waals surface area contributed by atoms with Crippen LogP contribution in [0.5, 0.6) is 0 Å². The lowest BCUT2D eigenvalue weighted by atomic mass is 9.89. The number of aryl methyl sites for hydroxylation is 1. The third-order valence-corrected chi connectivity index (χ3v) is 7.73. The molecular formula is C31H34ClN3O5. The Morgan fingerprint density at radius 1 is 1.05 bits per heavy atom. The summed E-state index contributed by atoms with van der Waals surface area (Å²) in [6.07, 6.45) is 2.43. The van der Waals surface area contributed by atoms with Gasteiger partial charge in [0.2, 0.25) is 5.91 Å². The summed E-state index contributed by atoms with van der Waals surface area (Å²) in [7, 11) is 1.34. The molecule has 0 aliphatic carbocycles. The Balaban J connectivity index is 1.67. The van der Waals surface area contributed by atoms with Crippen LogP contribution in [0.25, 0.3) is 0 Å². The Labute approximate surface area is 239 Å². The summed E-state index contributed by atoms with van der Waals surface area (Å²) in [6.45, 7) is 7.26. The van der Waals surface area contributed by atoms with Crippen LogP contribution in [0.3, 0.4) is 0 Å². The monoisotopic (exact) mass is 563 g/mol. The minimum absolute atomic E-state index is 0.115. The first kappa shape index (κ1) is 29.1. The number of hydrogen-bond acceptors (Lipinski definition) is 5. The summed E-state index contributed by atoms with van der Waals surface area (Å²) < 4.78 is 6.33. The Bertz CT molecular complexity index is 1480. The first-order valence-electron chi connectivity index (χ1n) is 13.2. The number of rotatable bonds is 7. The zero-order valence-corrected chi connectivity index (χ0v) is 24.1. The predicted molar refractivity (Wildman–Crippen MR) is 156 cm³/mol. The summed E-state index contributed by atoms with van der Waals surface area (Å²) in [5.74, 6) is -0.726. The number of benzene rings is 2. The average Bonchev–Trinajstić information content (AvgIpc) is 2.92. The SMILES string of the molecule is COC(=O)C(C)(C)CCn1cc(C(=O)N2c3ccccc3[C@H](N(C(C)=O)c3ccc(Cl)cc3)C[C@@H]2C)ccc1=O. The van der Waals surface area contributed by atoms with Crippen LogP contribution in [-0.2, 0) is 20.9 Å². The van der Waals surface area contributed by atoms with E-state index in [0.29, 0.717) is 29.1 Å². The van der Waals surface area contributed by atoms with Gasteiger partial charge in [0, 0.05) is 48.2 Å². The summed E-state index contributed by atoms with van der Waals surface area (Å²) in [5, 5.41) is 0.580. The minimum Gasteiger partial charge on any atom is -0.469 e. The molecule has 1 aliphatic rings. The molecule has 4 rings (SSSR count). The molecule has 8 nitrogen and oxygen atoms in total. The topological polar surface area (TPSA) is 88.9 Å². The van der Waals surface area contributed by atoms with E-state index in [9.17, 15) is 19.2 Å². The molecule has 1 aromatic heterocycles. The largest absolute Gasteiger partial charge is 0.469 e. The number of aromatic nitrogens is 1. The number of esters is 1. The number of carbonyl (C=O) groups is 3. The summed E-state index contributed by atoms with van der Waals surface area (Å²) in [5.41, 5.74) is 1.61. The van der Waals surface area contributed by atoms with E-state index < -0.39 is 5.41 Å². The van der Waals surface area contributed by atoms with Crippen LogP contribution in [0, 0.1) is 5.41 Å². The van der Waals surface area contributed by atoms with E-state index in [4.69, 9.17) is 16.3 Å². The summed E-state index contributed by atoms with van der Waals surface area (Å²) in [4.78, 5) is 55.0. The molecule has 40 heavy (non-hydrogen) atoms. The van der Waals surface area contributed by atoms with E-state index in [0.717, 1.165) is 11.3 Å². The van der Waals surface area contributed by atoms with Gasteiger partial charge in [-0.25, -0.2) is 0 Å². The number of ether oxygens (including phenoxy) is 1. The molecule has 9 heteroatoms. The van der Waals surface area contributed by atoms with Crippen LogP contribution in [0.1, 0.15) is 62.5 Å². The van der Waals surface area contributed by atoms with Crippen LogP contribution >= 0.6 is 11.6 Å². The molecular weight excluding hydrogens is 530 g/mol. The molecule has 0 radical (unpaired) electrons. The van der Waals surface area contributed by atoms with Gasteiger partial charge in [-0.15, -0.1) is 0 Å². The van der Waals surface area contributed by atoms with Gasteiger partial charge < -0.3 is 19.1 Å². The van der Waals surface area contributed by atoms with Gasteiger partial charge in [0.05, 0.1) is 24.1 Å². The molecule has 2 heterocycles. The quantitative estimate of drug-likeness (QED) is 0.348. The van der Waals surface area contributed by atoms with Crippen molar-refractivity contribution in [2.45, 2.75) is 59.2 Å². The number of fused-ring (bicyclic) bond motifs is 1. The van der Waals surface area contributed by atoms with Crippen LogP contribution < -0.4 is 15.4 Å². The van der Waals surface area contributed by atoms with Gasteiger partial charge in [-0.05, 0) is 75.6 Å². The van der Waals surface area contributed by atoms with Gasteiger partial charge in [-0.2, -0.15) is 0 Å². The summed E-state index contributed by atoms with van der Waals surface area (Å²) in [6, 6.07) is 17.1. The Kier molecular flexibility index (Phi) is 8.49. The van der Waals surface area contributed by atoms with Crippen molar-refractivity contribution in [2.24, 2.45) is 5.41 Å². The highest BCUT2D eigenvalue weighted by Gasteiger charge is 2.38. The lowest BCUT2D eigenvalue weighted by Crippen LogP contribution is -2.47. The number of amides is 2. The fourth-order valence-corrected chi connectivity index (χ4v) is 5.39. The van der Waals surface area contributed by atoms with Crippen molar-refractivity contribution >= 4 is 40.8 Å². The van der Waals surface area contributed by atoms with Crippen molar-refractivity contribution in [1.82, 2.24) is 4.57 Å². The van der Waals surface area contributed by atoms with E-state index >= 15 is 0 Å². The Morgan fingerprint density at radius 3 is 2.38 bits per heavy atom. The Morgan fingerprint density at radius 2 is 1.73 bits per heavy atom. The van der Waals surface area contributed by atoms with Gasteiger partial charge in [0.25, 0.3) is 11.5 Å². The fourth-order valence-electron chi connectivity index (χ4n) is 5.27. The van der Waals surface area contributed by atoms with Gasteiger partial charge in [0.1, 0.15) is 0 Å². The molecule has 0 saturated heterocycles. The number of carbonyl (C=O) groups excluding carboxylic acids is 3. The molecule has 0 saturated carbocycles. The van der Waals surface area contributed by atoms with Gasteiger partial charge in [-0.1, -0.05) is 29.8 Å². The maximum Gasteiger partial charge on any atom is 0.311 e. The highest BCUT2D eigenvalue weighted by Crippen LogP contribution is 2.42. The molecule has 2 atom stereocenters. The lowest BCUT2D eigenvalue weighted by molar-refractivity contribution is -0.151. The number of methoxy groups -OCH3 is 1. The predicted octanol–water partition coefficient (Wildman–Crippen LogP) is 5.62. The number of anilines is 2. The highest BCUT2D eigenvalue weighted by molar-refractivity contribution is 6.30. The first-order chi connectivity index (χ1) is 18.9. The molecule has 2 amide bonds. The standard InChI is InChI=1S/C31H34ClN3O5/c1-20-18-27(35(21(2)36)24-13-11-23(32)12-14-24)25-8-6-7-9-26(25)34(20)29(38)22-10-15-28(37)33(19-22)17-16-31(3,4)30(39)40-5/h6-15,19-20,27H,16-18H2,1-5H3/t20-,27+/m0/s1. The summed E-state index contributed by atoms with van der Waals surface area (Å²) >= 11 is 6.09. The maximum absolute atomic E-state index is 14.0. The first-order valence-corrected chi connectivity index (χ1v) is 13.6. The molecule has 1 aliphatic heterocycles. The van der Waals surface area contributed by atoms with Crippen LogP contribution in [0.2, 0.25) is 5.02 Å². The zero-order chi connectivity index (χ0) is 29.2. The van der Waals surface area contributed by atoms with Crippen molar-refractivity contribution in [2.75, 3.05) is 16.9 Å². The molecule has 210 valence electrons. The molecule has 0 unspecified atom stereocenters. The number of nitrogens with zero attached hydrogens (tertiary/aromatic N) is 3. The van der Waals surface area contributed by atoms with Gasteiger partial charge in [-0.3, -0.25) is 19.2 Å². The molecule has 3 aromatic rings. The maximum atomic E-state index is 14.0. The van der Waals surface area contributed by atoms with Crippen LogP contribution in [0.15, 0.2) is 71.7 Å².